The van der Waals surface area contributed by atoms with Gasteiger partial charge in [0.15, 0.2) is 0 Å². The molecule has 3 N–H and O–H groups in total. The fourth-order valence-corrected chi connectivity index (χ4v) is 1.71. The lowest BCUT2D eigenvalue weighted by Crippen LogP contribution is -2.44. The highest BCUT2D eigenvalue weighted by atomic mass is 16.5. The lowest BCUT2D eigenvalue weighted by Gasteiger charge is -2.32. The highest BCUT2D eigenvalue weighted by Gasteiger charge is 2.30. The summed E-state index contributed by atoms with van der Waals surface area (Å²) in [6.45, 7) is 6.68. The Morgan fingerprint density at radius 1 is 1.44 bits per heavy atom. The maximum atomic E-state index is 5.62. The van der Waals surface area contributed by atoms with E-state index in [1.807, 2.05) is 19.9 Å². The smallest absolute Gasteiger partial charge is 0.137 e. The standard InChI is InChI=1S/C13H23N3O2/c1-5-6-18-11-7-10(8-15-9-11)12(16-14)13(2,3)17-4/h7-9,12,16H,5-6,14H2,1-4H3. The summed E-state index contributed by atoms with van der Waals surface area (Å²) < 4.78 is 11.0. The summed E-state index contributed by atoms with van der Waals surface area (Å²) in [5.74, 6) is 6.37. The number of hydrogen-bond donors (Lipinski definition) is 2. The van der Waals surface area contributed by atoms with Gasteiger partial charge in [0, 0.05) is 13.3 Å². The number of rotatable bonds is 7. The number of ether oxygens (including phenoxy) is 2. The molecule has 1 atom stereocenters. The van der Waals surface area contributed by atoms with Crippen molar-refractivity contribution in [2.45, 2.75) is 38.8 Å². The number of hydrogen-bond acceptors (Lipinski definition) is 5. The molecule has 102 valence electrons. The monoisotopic (exact) mass is 253 g/mol. The van der Waals surface area contributed by atoms with Crippen molar-refractivity contribution >= 4 is 0 Å². The number of methoxy groups -OCH3 is 1. The van der Waals surface area contributed by atoms with Gasteiger partial charge in [-0.15, -0.1) is 0 Å². The van der Waals surface area contributed by atoms with Gasteiger partial charge >= 0.3 is 0 Å². The minimum atomic E-state index is -0.431. The number of pyridine rings is 1. The van der Waals surface area contributed by atoms with Gasteiger partial charge in [-0.1, -0.05) is 6.92 Å². The van der Waals surface area contributed by atoms with Gasteiger partial charge in [-0.25, -0.2) is 0 Å². The zero-order valence-corrected chi connectivity index (χ0v) is 11.6. The van der Waals surface area contributed by atoms with Crippen LogP contribution in [0.1, 0.15) is 38.8 Å². The minimum Gasteiger partial charge on any atom is -0.492 e. The minimum absolute atomic E-state index is 0.153. The first-order chi connectivity index (χ1) is 8.55. The Labute approximate surface area is 109 Å². The van der Waals surface area contributed by atoms with E-state index in [2.05, 4.69) is 17.3 Å². The number of nitrogens with two attached hydrogens (primary N) is 1. The fraction of sp³-hybridized carbons (Fsp3) is 0.615. The summed E-state index contributed by atoms with van der Waals surface area (Å²) in [6.07, 6.45) is 4.43. The van der Waals surface area contributed by atoms with Crippen LogP contribution >= 0.6 is 0 Å². The van der Waals surface area contributed by atoms with Gasteiger partial charge in [0.2, 0.25) is 0 Å². The average molecular weight is 253 g/mol. The predicted octanol–water partition coefficient (Wildman–Crippen LogP) is 1.80. The summed E-state index contributed by atoms with van der Waals surface area (Å²) >= 11 is 0. The molecule has 0 saturated carbocycles. The second-order valence-electron chi connectivity index (χ2n) is 4.71. The summed E-state index contributed by atoms with van der Waals surface area (Å²) in [4.78, 5) is 4.18. The molecule has 1 unspecified atom stereocenters. The first-order valence-corrected chi connectivity index (χ1v) is 6.14. The Bertz CT molecular complexity index is 369. The van der Waals surface area contributed by atoms with E-state index in [1.54, 1.807) is 19.5 Å². The van der Waals surface area contributed by atoms with Crippen molar-refractivity contribution in [3.05, 3.63) is 24.0 Å². The van der Waals surface area contributed by atoms with Gasteiger partial charge in [-0.2, -0.15) is 0 Å². The quantitative estimate of drug-likeness (QED) is 0.573. The zero-order valence-electron chi connectivity index (χ0n) is 11.6. The van der Waals surface area contributed by atoms with Gasteiger partial charge in [0.25, 0.3) is 0 Å². The summed E-state index contributed by atoms with van der Waals surface area (Å²) in [5, 5.41) is 0. The molecule has 0 aromatic carbocycles. The van der Waals surface area contributed by atoms with Crippen molar-refractivity contribution in [2.24, 2.45) is 5.84 Å². The molecule has 0 amide bonds. The molecule has 1 heterocycles. The summed E-state index contributed by atoms with van der Waals surface area (Å²) in [7, 11) is 1.66. The van der Waals surface area contributed by atoms with Crippen molar-refractivity contribution in [1.82, 2.24) is 10.4 Å². The third-order valence-electron chi connectivity index (χ3n) is 2.93. The summed E-state index contributed by atoms with van der Waals surface area (Å²) in [5.41, 5.74) is 3.28. The highest BCUT2D eigenvalue weighted by molar-refractivity contribution is 5.27. The first-order valence-electron chi connectivity index (χ1n) is 6.14. The number of aromatic nitrogens is 1. The van der Waals surface area contributed by atoms with Crippen molar-refractivity contribution in [3.8, 4) is 5.75 Å². The molecule has 0 aliphatic carbocycles. The molecule has 0 radical (unpaired) electrons. The van der Waals surface area contributed by atoms with Crippen LogP contribution in [-0.2, 0) is 4.74 Å². The molecule has 0 bridgehead atoms. The average Bonchev–Trinajstić information content (AvgIpc) is 2.37. The van der Waals surface area contributed by atoms with Crippen LogP contribution in [0.25, 0.3) is 0 Å². The molecule has 5 nitrogen and oxygen atoms in total. The van der Waals surface area contributed by atoms with E-state index in [-0.39, 0.29) is 6.04 Å². The van der Waals surface area contributed by atoms with Gasteiger partial charge < -0.3 is 9.47 Å². The fourth-order valence-electron chi connectivity index (χ4n) is 1.71. The van der Waals surface area contributed by atoms with Crippen LogP contribution < -0.4 is 16.0 Å². The topological polar surface area (TPSA) is 69.4 Å². The predicted molar refractivity (Wildman–Crippen MR) is 71.2 cm³/mol. The van der Waals surface area contributed by atoms with Crippen LogP contribution in [0, 0.1) is 0 Å². The van der Waals surface area contributed by atoms with Gasteiger partial charge in [-0.05, 0) is 31.9 Å². The Kier molecular flexibility index (Phi) is 5.53. The molecule has 0 aliphatic heterocycles. The van der Waals surface area contributed by atoms with E-state index >= 15 is 0 Å². The number of nitrogens with one attached hydrogen (secondary N) is 1. The highest BCUT2D eigenvalue weighted by Crippen LogP contribution is 2.28. The Balaban J connectivity index is 2.92. The Hall–Kier alpha value is -1.17. The largest absolute Gasteiger partial charge is 0.492 e. The maximum Gasteiger partial charge on any atom is 0.137 e. The van der Waals surface area contributed by atoms with Crippen LogP contribution in [0.4, 0.5) is 0 Å². The van der Waals surface area contributed by atoms with E-state index in [1.165, 1.54) is 0 Å². The third kappa shape index (κ3) is 3.66. The van der Waals surface area contributed by atoms with Gasteiger partial charge in [-0.3, -0.25) is 16.3 Å². The molecular formula is C13H23N3O2. The van der Waals surface area contributed by atoms with Crippen LogP contribution in [0.5, 0.6) is 5.75 Å². The van der Waals surface area contributed by atoms with Crippen LogP contribution in [0.2, 0.25) is 0 Å². The Morgan fingerprint density at radius 3 is 2.72 bits per heavy atom. The van der Waals surface area contributed by atoms with E-state index in [4.69, 9.17) is 15.3 Å². The molecule has 0 spiro atoms. The molecule has 0 aliphatic rings. The van der Waals surface area contributed by atoms with Gasteiger partial charge in [0.05, 0.1) is 24.4 Å². The molecule has 0 fully saturated rings. The normalized spacial score (nSPS) is 13.4. The number of nitrogens with zero attached hydrogens (tertiary/aromatic N) is 1. The molecule has 5 heteroatoms. The maximum absolute atomic E-state index is 5.62. The molecular weight excluding hydrogens is 230 g/mol. The zero-order chi connectivity index (χ0) is 13.6. The van der Waals surface area contributed by atoms with E-state index in [0.29, 0.717) is 6.61 Å². The SMILES string of the molecule is CCCOc1cncc(C(NN)C(C)(C)OC)c1. The second kappa shape index (κ2) is 6.68. The van der Waals surface area contributed by atoms with Crippen LogP contribution in [0.3, 0.4) is 0 Å². The van der Waals surface area contributed by atoms with Crippen molar-refractivity contribution in [3.63, 3.8) is 0 Å². The molecule has 18 heavy (non-hydrogen) atoms. The number of hydrazine groups is 1. The van der Waals surface area contributed by atoms with Gasteiger partial charge in [0.1, 0.15) is 5.75 Å². The first kappa shape index (κ1) is 14.9. The summed E-state index contributed by atoms with van der Waals surface area (Å²) in [6, 6.07) is 1.79. The molecule has 0 saturated heterocycles. The van der Waals surface area contributed by atoms with Crippen molar-refractivity contribution < 1.29 is 9.47 Å². The molecule has 1 aromatic heterocycles. The second-order valence-corrected chi connectivity index (χ2v) is 4.71. The lowest BCUT2D eigenvalue weighted by atomic mass is 9.93. The van der Waals surface area contributed by atoms with Crippen LogP contribution in [0.15, 0.2) is 18.5 Å². The van der Waals surface area contributed by atoms with Crippen LogP contribution in [-0.4, -0.2) is 24.3 Å². The Morgan fingerprint density at radius 2 is 2.17 bits per heavy atom. The molecule has 1 aromatic rings. The van der Waals surface area contributed by atoms with E-state index < -0.39 is 5.60 Å². The van der Waals surface area contributed by atoms with Crippen molar-refractivity contribution in [2.75, 3.05) is 13.7 Å². The lowest BCUT2D eigenvalue weighted by molar-refractivity contribution is -0.0113. The third-order valence-corrected chi connectivity index (χ3v) is 2.93. The van der Waals surface area contributed by atoms with E-state index in [0.717, 1.165) is 17.7 Å². The van der Waals surface area contributed by atoms with E-state index in [9.17, 15) is 0 Å². The molecule has 1 rings (SSSR count). The van der Waals surface area contributed by atoms with Crippen molar-refractivity contribution in [1.29, 1.82) is 0 Å².